The zero-order valence-electron chi connectivity index (χ0n) is 19.8. The fourth-order valence-corrected chi connectivity index (χ4v) is 4.20. The summed E-state index contributed by atoms with van der Waals surface area (Å²) in [5.41, 5.74) is 3.14. The number of ether oxygens (including phenoxy) is 2. The Hall–Kier alpha value is -3.59. The van der Waals surface area contributed by atoms with Gasteiger partial charge in [-0.15, -0.1) is 0 Å². The van der Waals surface area contributed by atoms with Crippen molar-refractivity contribution in [3.05, 3.63) is 65.4 Å². The van der Waals surface area contributed by atoms with Gasteiger partial charge < -0.3 is 30.3 Å². The lowest BCUT2D eigenvalue weighted by Gasteiger charge is -2.37. The first-order valence-electron chi connectivity index (χ1n) is 11.2. The first-order valence-corrected chi connectivity index (χ1v) is 11.7. The summed E-state index contributed by atoms with van der Waals surface area (Å²) in [5.74, 6) is 0.191. The predicted octanol–water partition coefficient (Wildman–Crippen LogP) is 4.82. The summed E-state index contributed by atoms with van der Waals surface area (Å²) >= 11 is 5.53. The molecule has 3 N–H and O–H groups in total. The third kappa shape index (κ3) is 5.66. The Bertz CT molecular complexity index is 1100. The van der Waals surface area contributed by atoms with Crippen LogP contribution in [0.4, 0.5) is 16.2 Å². The van der Waals surface area contributed by atoms with Crippen LogP contribution in [0.3, 0.4) is 0 Å². The van der Waals surface area contributed by atoms with E-state index in [9.17, 15) is 9.59 Å². The number of nitrogens with one attached hydrogen (secondary N) is 3. The van der Waals surface area contributed by atoms with E-state index in [0.717, 1.165) is 11.3 Å². The molecular formula is C25H30N4O4S. The Morgan fingerprint density at radius 2 is 1.82 bits per heavy atom. The van der Waals surface area contributed by atoms with Crippen molar-refractivity contribution in [2.24, 2.45) is 0 Å². The number of nitrogens with zero attached hydrogens (tertiary/aromatic N) is 1. The number of carbonyl (C=O) groups excluding carboxylic acids is 2. The Morgan fingerprint density at radius 3 is 2.53 bits per heavy atom. The first-order chi connectivity index (χ1) is 16.4. The van der Waals surface area contributed by atoms with Crippen LogP contribution in [0.5, 0.6) is 5.75 Å². The molecular weight excluding hydrogens is 452 g/mol. The molecule has 1 atom stereocenters. The SMILES string of the molecule is CCOC(=O)C1=C(C)N(CC)C(=S)NC1c1cccc(NC(=O)Nc2ccccc2OCC)c1. The topological polar surface area (TPSA) is 91.9 Å². The molecule has 9 heteroatoms. The lowest BCUT2D eigenvalue weighted by Crippen LogP contribution is -2.47. The third-order valence-electron chi connectivity index (χ3n) is 5.32. The second-order valence-corrected chi connectivity index (χ2v) is 7.87. The molecule has 1 unspecified atom stereocenters. The molecule has 180 valence electrons. The average Bonchev–Trinajstić information content (AvgIpc) is 2.80. The molecule has 0 saturated carbocycles. The van der Waals surface area contributed by atoms with Gasteiger partial charge in [0.15, 0.2) is 5.11 Å². The Kier molecular flexibility index (Phi) is 8.48. The van der Waals surface area contributed by atoms with Crippen molar-refractivity contribution < 1.29 is 19.1 Å². The summed E-state index contributed by atoms with van der Waals surface area (Å²) < 4.78 is 10.9. The van der Waals surface area contributed by atoms with E-state index in [0.29, 0.717) is 41.0 Å². The van der Waals surface area contributed by atoms with Crippen LogP contribution in [0.25, 0.3) is 0 Å². The molecule has 1 aliphatic heterocycles. The number of benzene rings is 2. The van der Waals surface area contributed by atoms with E-state index < -0.39 is 18.0 Å². The van der Waals surface area contributed by atoms with E-state index in [1.165, 1.54) is 0 Å². The highest BCUT2D eigenvalue weighted by Gasteiger charge is 2.34. The van der Waals surface area contributed by atoms with Crippen molar-refractivity contribution >= 4 is 40.7 Å². The minimum atomic E-state index is -0.502. The summed E-state index contributed by atoms with van der Waals surface area (Å²) in [4.78, 5) is 27.4. The highest BCUT2D eigenvalue weighted by Crippen LogP contribution is 2.32. The third-order valence-corrected chi connectivity index (χ3v) is 5.66. The lowest BCUT2D eigenvalue weighted by molar-refractivity contribution is -0.139. The van der Waals surface area contributed by atoms with Gasteiger partial charge in [-0.3, -0.25) is 0 Å². The molecule has 8 nitrogen and oxygen atoms in total. The maximum Gasteiger partial charge on any atom is 0.338 e. The van der Waals surface area contributed by atoms with Gasteiger partial charge in [-0.05, 0) is 69.7 Å². The predicted molar refractivity (Wildman–Crippen MR) is 137 cm³/mol. The Morgan fingerprint density at radius 1 is 1.06 bits per heavy atom. The molecule has 2 aromatic rings. The highest BCUT2D eigenvalue weighted by atomic mass is 32.1. The normalized spacial score (nSPS) is 15.5. The Labute approximate surface area is 205 Å². The second kappa shape index (κ2) is 11.5. The molecule has 0 aromatic heterocycles. The number of urea groups is 1. The van der Waals surface area contributed by atoms with Gasteiger partial charge in [-0.2, -0.15) is 0 Å². The van der Waals surface area contributed by atoms with Crippen molar-refractivity contribution in [2.75, 3.05) is 30.4 Å². The molecule has 3 rings (SSSR count). The summed E-state index contributed by atoms with van der Waals surface area (Å²) in [6.07, 6.45) is 0. The molecule has 0 bridgehead atoms. The number of amides is 2. The lowest BCUT2D eigenvalue weighted by atomic mass is 9.94. The van der Waals surface area contributed by atoms with Crippen LogP contribution in [-0.2, 0) is 9.53 Å². The number of allylic oxidation sites excluding steroid dienone is 1. The average molecular weight is 483 g/mol. The van der Waals surface area contributed by atoms with Gasteiger partial charge in [0.05, 0.1) is 30.5 Å². The van der Waals surface area contributed by atoms with Crippen molar-refractivity contribution in [3.63, 3.8) is 0 Å². The molecule has 1 heterocycles. The number of rotatable bonds is 8. The maximum atomic E-state index is 12.8. The van der Waals surface area contributed by atoms with Gasteiger partial charge >= 0.3 is 12.0 Å². The smallest absolute Gasteiger partial charge is 0.338 e. The van der Waals surface area contributed by atoms with E-state index in [4.69, 9.17) is 21.7 Å². The van der Waals surface area contributed by atoms with E-state index in [-0.39, 0.29) is 6.61 Å². The van der Waals surface area contributed by atoms with Crippen molar-refractivity contribution in [3.8, 4) is 5.75 Å². The molecule has 0 radical (unpaired) electrons. The Balaban J connectivity index is 1.85. The standard InChI is InChI=1S/C25H30N4O4S/c1-5-29-16(4)21(23(30)33-7-3)22(28-25(29)34)17-11-10-12-18(15-17)26-24(31)27-19-13-8-9-14-20(19)32-6-2/h8-15,22H,5-7H2,1-4H3,(H,28,34)(H2,26,27,31). The summed E-state index contributed by atoms with van der Waals surface area (Å²) in [6, 6.07) is 13.6. The molecule has 1 aliphatic rings. The highest BCUT2D eigenvalue weighted by molar-refractivity contribution is 7.80. The molecule has 2 aromatic carbocycles. The molecule has 0 aliphatic carbocycles. The van der Waals surface area contributed by atoms with Crippen LogP contribution in [0.15, 0.2) is 59.8 Å². The van der Waals surface area contributed by atoms with E-state index in [2.05, 4.69) is 16.0 Å². The first kappa shape index (κ1) is 25.0. The molecule has 34 heavy (non-hydrogen) atoms. The van der Waals surface area contributed by atoms with Gasteiger partial charge in [0.25, 0.3) is 0 Å². The quantitative estimate of drug-likeness (QED) is 0.367. The van der Waals surface area contributed by atoms with Crippen LogP contribution in [0.1, 0.15) is 39.3 Å². The summed E-state index contributed by atoms with van der Waals surface area (Å²) in [5, 5.41) is 9.43. The minimum absolute atomic E-state index is 0.268. The van der Waals surface area contributed by atoms with Gasteiger partial charge in [0.2, 0.25) is 0 Å². The fraction of sp³-hybridized carbons (Fsp3) is 0.320. The fourth-order valence-electron chi connectivity index (χ4n) is 3.82. The minimum Gasteiger partial charge on any atom is -0.492 e. The maximum absolute atomic E-state index is 12.8. The van der Waals surface area contributed by atoms with Crippen LogP contribution in [-0.4, -0.2) is 41.8 Å². The van der Waals surface area contributed by atoms with Crippen LogP contribution in [0, 0.1) is 0 Å². The number of hydrogen-bond donors (Lipinski definition) is 3. The van der Waals surface area contributed by atoms with E-state index in [1.54, 1.807) is 25.1 Å². The second-order valence-electron chi connectivity index (χ2n) is 7.48. The number of thiocarbonyl (C=S) groups is 1. The van der Waals surface area contributed by atoms with E-state index >= 15 is 0 Å². The van der Waals surface area contributed by atoms with Crippen LogP contribution < -0.4 is 20.7 Å². The number of hydrogen-bond acceptors (Lipinski definition) is 5. The van der Waals surface area contributed by atoms with Gasteiger partial charge in [-0.25, -0.2) is 9.59 Å². The monoisotopic (exact) mass is 482 g/mol. The zero-order chi connectivity index (χ0) is 24.7. The number of carbonyl (C=O) groups is 2. The van der Waals surface area contributed by atoms with Crippen molar-refractivity contribution in [1.82, 2.24) is 10.2 Å². The van der Waals surface area contributed by atoms with Crippen molar-refractivity contribution in [2.45, 2.75) is 33.7 Å². The van der Waals surface area contributed by atoms with Crippen LogP contribution in [0.2, 0.25) is 0 Å². The summed E-state index contributed by atoms with van der Waals surface area (Å²) in [6.45, 7) is 8.86. The van der Waals surface area contributed by atoms with E-state index in [1.807, 2.05) is 56.0 Å². The van der Waals surface area contributed by atoms with Gasteiger partial charge in [0.1, 0.15) is 5.75 Å². The van der Waals surface area contributed by atoms with Gasteiger partial charge in [-0.1, -0.05) is 24.3 Å². The van der Waals surface area contributed by atoms with Crippen LogP contribution >= 0.6 is 12.2 Å². The molecule has 2 amide bonds. The number of anilines is 2. The number of para-hydroxylation sites is 2. The van der Waals surface area contributed by atoms with Gasteiger partial charge in [0, 0.05) is 17.9 Å². The molecule has 0 saturated heterocycles. The molecule has 0 fully saturated rings. The zero-order valence-corrected chi connectivity index (χ0v) is 20.6. The van der Waals surface area contributed by atoms with Crippen molar-refractivity contribution in [1.29, 1.82) is 0 Å². The summed E-state index contributed by atoms with van der Waals surface area (Å²) in [7, 11) is 0. The number of esters is 1. The molecule has 0 spiro atoms. The largest absolute Gasteiger partial charge is 0.492 e.